The Kier molecular flexibility index (Phi) is 10.5. The number of aryl methyl sites for hydroxylation is 2. The van der Waals surface area contributed by atoms with Crippen LogP contribution in [-0.4, -0.2) is 29.3 Å². The number of carbonyl (C=O) groups is 2. The zero-order valence-electron chi connectivity index (χ0n) is 20.5. The number of nitrogens with zero attached hydrogens (tertiary/aromatic N) is 1. The quantitative estimate of drug-likeness (QED) is 0.429. The van der Waals surface area contributed by atoms with Gasteiger partial charge in [-0.15, -0.1) is 0 Å². The van der Waals surface area contributed by atoms with E-state index in [-0.39, 0.29) is 11.8 Å². The van der Waals surface area contributed by atoms with Gasteiger partial charge in [0.2, 0.25) is 11.8 Å². The number of hydrogen-bond donors (Lipinski definition) is 1. The van der Waals surface area contributed by atoms with Gasteiger partial charge in [-0.2, -0.15) is 0 Å². The summed E-state index contributed by atoms with van der Waals surface area (Å²) in [4.78, 5) is 28.1. The first-order valence-corrected chi connectivity index (χ1v) is 12.1. The van der Waals surface area contributed by atoms with Crippen molar-refractivity contribution < 1.29 is 9.59 Å². The molecular weight excluding hydrogens is 396 g/mol. The molecule has 1 atom stereocenters. The molecule has 0 saturated carbocycles. The van der Waals surface area contributed by atoms with Crippen LogP contribution in [0.15, 0.2) is 48.5 Å². The van der Waals surface area contributed by atoms with Crippen LogP contribution in [-0.2, 0) is 22.6 Å². The Morgan fingerprint density at radius 2 is 1.72 bits per heavy atom. The molecule has 2 aromatic carbocycles. The van der Waals surface area contributed by atoms with Gasteiger partial charge in [0.1, 0.15) is 6.04 Å². The van der Waals surface area contributed by atoms with Crippen LogP contribution in [0.2, 0.25) is 0 Å². The summed E-state index contributed by atoms with van der Waals surface area (Å²) < 4.78 is 0. The second-order valence-corrected chi connectivity index (χ2v) is 8.98. The first-order valence-electron chi connectivity index (χ1n) is 12.1. The van der Waals surface area contributed by atoms with Gasteiger partial charge >= 0.3 is 0 Å². The number of amides is 2. The fourth-order valence-electron chi connectivity index (χ4n) is 3.90. The Balaban J connectivity index is 2.15. The Morgan fingerprint density at radius 1 is 1.00 bits per heavy atom. The number of unbranched alkanes of at least 4 members (excludes halogenated alkanes) is 1. The van der Waals surface area contributed by atoms with Crippen LogP contribution < -0.4 is 5.32 Å². The minimum absolute atomic E-state index is 0.0249. The Bertz CT molecular complexity index is 858. The van der Waals surface area contributed by atoms with Gasteiger partial charge in [-0.05, 0) is 48.8 Å². The van der Waals surface area contributed by atoms with Crippen molar-refractivity contribution in [3.05, 3.63) is 70.8 Å². The lowest BCUT2D eigenvalue weighted by Gasteiger charge is -2.31. The molecule has 1 unspecified atom stereocenters. The van der Waals surface area contributed by atoms with Gasteiger partial charge in [0.15, 0.2) is 0 Å². The van der Waals surface area contributed by atoms with Gasteiger partial charge in [0, 0.05) is 19.5 Å². The molecular formula is C28H40N2O2. The molecule has 32 heavy (non-hydrogen) atoms. The molecule has 0 heterocycles. The third kappa shape index (κ3) is 7.81. The first kappa shape index (κ1) is 25.6. The van der Waals surface area contributed by atoms with Gasteiger partial charge in [-0.1, -0.05) is 88.2 Å². The van der Waals surface area contributed by atoms with E-state index in [4.69, 9.17) is 0 Å². The van der Waals surface area contributed by atoms with E-state index in [2.05, 4.69) is 56.4 Å². The normalized spacial score (nSPS) is 11.9. The number of rotatable bonds is 12. The fraction of sp³-hybridized carbons (Fsp3) is 0.500. The lowest BCUT2D eigenvalue weighted by molar-refractivity contribution is -0.141. The molecule has 0 aliphatic heterocycles. The zero-order chi connectivity index (χ0) is 23.5. The Morgan fingerprint density at radius 3 is 2.31 bits per heavy atom. The highest BCUT2D eigenvalue weighted by Crippen LogP contribution is 2.18. The molecule has 0 aromatic heterocycles. The highest BCUT2D eigenvalue weighted by molar-refractivity contribution is 5.87. The van der Waals surface area contributed by atoms with Crippen LogP contribution >= 0.6 is 0 Å². The summed E-state index contributed by atoms with van der Waals surface area (Å²) in [6.45, 7) is 11.6. The van der Waals surface area contributed by atoms with Crippen molar-refractivity contribution in [1.82, 2.24) is 10.2 Å². The molecule has 0 spiro atoms. The summed E-state index contributed by atoms with van der Waals surface area (Å²) in [6, 6.07) is 16.2. The fourth-order valence-corrected chi connectivity index (χ4v) is 3.90. The highest BCUT2D eigenvalue weighted by Gasteiger charge is 2.28. The molecule has 0 fully saturated rings. The van der Waals surface area contributed by atoms with E-state index < -0.39 is 6.04 Å². The maximum absolute atomic E-state index is 13.4. The largest absolute Gasteiger partial charge is 0.354 e. The molecule has 2 aromatic rings. The monoisotopic (exact) mass is 436 g/mol. The third-order valence-electron chi connectivity index (χ3n) is 5.92. The molecule has 2 amide bonds. The van der Waals surface area contributed by atoms with E-state index in [1.54, 1.807) is 4.90 Å². The molecule has 174 valence electrons. The minimum atomic E-state index is -0.455. The molecule has 4 heteroatoms. The summed E-state index contributed by atoms with van der Waals surface area (Å²) >= 11 is 0. The second-order valence-electron chi connectivity index (χ2n) is 8.98. The summed E-state index contributed by atoms with van der Waals surface area (Å²) in [7, 11) is 0. The topological polar surface area (TPSA) is 49.4 Å². The van der Waals surface area contributed by atoms with Crippen molar-refractivity contribution in [2.24, 2.45) is 0 Å². The lowest BCUT2D eigenvalue weighted by Crippen LogP contribution is -2.49. The van der Waals surface area contributed by atoms with Gasteiger partial charge in [-0.25, -0.2) is 0 Å². The maximum atomic E-state index is 13.4. The highest BCUT2D eigenvalue weighted by atomic mass is 16.2. The summed E-state index contributed by atoms with van der Waals surface area (Å²) in [5, 5.41) is 3.02. The minimum Gasteiger partial charge on any atom is -0.354 e. The molecule has 0 radical (unpaired) electrons. The van der Waals surface area contributed by atoms with Crippen molar-refractivity contribution in [3.63, 3.8) is 0 Å². The maximum Gasteiger partial charge on any atom is 0.242 e. The number of nitrogens with one attached hydrogen (secondary N) is 1. The van der Waals surface area contributed by atoms with Crippen molar-refractivity contribution in [2.45, 2.75) is 85.2 Å². The van der Waals surface area contributed by atoms with Crippen molar-refractivity contribution in [3.8, 4) is 0 Å². The van der Waals surface area contributed by atoms with Gasteiger partial charge in [0.25, 0.3) is 0 Å². The van der Waals surface area contributed by atoms with E-state index in [1.807, 2.05) is 32.0 Å². The van der Waals surface area contributed by atoms with Crippen LogP contribution in [0.4, 0.5) is 0 Å². The zero-order valence-corrected chi connectivity index (χ0v) is 20.5. The van der Waals surface area contributed by atoms with Crippen LogP contribution in [0.25, 0.3) is 0 Å². The average Bonchev–Trinajstić information content (AvgIpc) is 2.77. The number of benzene rings is 2. The predicted molar refractivity (Wildman–Crippen MR) is 133 cm³/mol. The molecule has 2 rings (SSSR count). The summed E-state index contributed by atoms with van der Waals surface area (Å²) in [5.41, 5.74) is 4.66. The molecule has 1 N–H and O–H groups in total. The van der Waals surface area contributed by atoms with Gasteiger partial charge in [-0.3, -0.25) is 9.59 Å². The Hall–Kier alpha value is -2.62. The molecule has 0 bridgehead atoms. The standard InChI is InChI=1S/C28H40N2O2/c1-6-8-18-29-28(32)26(7-2)30(20-24-11-9-10-22(5)19-24)27(31)17-14-23-12-15-25(16-13-23)21(3)4/h9-13,15-16,19,21,26H,6-8,14,17-18,20H2,1-5H3,(H,29,32). The van der Waals surface area contributed by atoms with Crippen LogP contribution in [0.3, 0.4) is 0 Å². The first-order chi connectivity index (χ1) is 15.3. The number of hydrogen-bond acceptors (Lipinski definition) is 2. The SMILES string of the molecule is CCCCNC(=O)C(CC)N(Cc1cccc(C)c1)C(=O)CCc1ccc(C(C)C)cc1. The molecule has 0 aliphatic carbocycles. The van der Waals surface area contributed by atoms with Crippen molar-refractivity contribution in [2.75, 3.05) is 6.54 Å². The van der Waals surface area contributed by atoms with Gasteiger partial charge in [0.05, 0.1) is 0 Å². The molecule has 0 aliphatic rings. The molecule has 4 nitrogen and oxygen atoms in total. The third-order valence-corrected chi connectivity index (χ3v) is 5.92. The lowest BCUT2D eigenvalue weighted by atomic mass is 10.00. The van der Waals surface area contributed by atoms with E-state index in [0.29, 0.717) is 38.3 Å². The summed E-state index contributed by atoms with van der Waals surface area (Å²) in [5.74, 6) is 0.465. The van der Waals surface area contributed by atoms with Crippen LogP contribution in [0, 0.1) is 6.92 Å². The van der Waals surface area contributed by atoms with E-state index in [1.165, 1.54) is 5.56 Å². The summed E-state index contributed by atoms with van der Waals surface area (Å²) in [6.07, 6.45) is 3.64. The van der Waals surface area contributed by atoms with Crippen molar-refractivity contribution in [1.29, 1.82) is 0 Å². The van der Waals surface area contributed by atoms with E-state index in [9.17, 15) is 9.59 Å². The second kappa shape index (κ2) is 13.0. The molecule has 0 saturated heterocycles. The predicted octanol–water partition coefficient (Wildman–Crippen LogP) is 5.77. The van der Waals surface area contributed by atoms with E-state index in [0.717, 1.165) is 29.5 Å². The number of carbonyl (C=O) groups excluding carboxylic acids is 2. The van der Waals surface area contributed by atoms with Crippen LogP contribution in [0.5, 0.6) is 0 Å². The average molecular weight is 437 g/mol. The van der Waals surface area contributed by atoms with Crippen molar-refractivity contribution >= 4 is 11.8 Å². The van der Waals surface area contributed by atoms with Gasteiger partial charge < -0.3 is 10.2 Å². The smallest absolute Gasteiger partial charge is 0.242 e. The Labute approximate surface area is 194 Å². The van der Waals surface area contributed by atoms with E-state index >= 15 is 0 Å². The van der Waals surface area contributed by atoms with Crippen LogP contribution in [0.1, 0.15) is 81.5 Å².